The minimum absolute atomic E-state index is 0.366. The summed E-state index contributed by atoms with van der Waals surface area (Å²) in [5.74, 6) is 0. The van der Waals surface area contributed by atoms with Gasteiger partial charge in [-0.05, 0) is 38.5 Å². The molecule has 102 valence electrons. The molecule has 0 aliphatic carbocycles. The van der Waals surface area contributed by atoms with E-state index in [4.69, 9.17) is 11.6 Å². The van der Waals surface area contributed by atoms with Crippen molar-refractivity contribution in [3.05, 3.63) is 45.1 Å². The van der Waals surface area contributed by atoms with Crippen LogP contribution in [-0.2, 0) is 6.54 Å². The Hall–Kier alpha value is -1.000. The van der Waals surface area contributed by atoms with Gasteiger partial charge in [0.05, 0.1) is 11.4 Å². The number of rotatable bonds is 4. The monoisotopic (exact) mass is 341 g/mol. The molecule has 1 aromatic carbocycles. The van der Waals surface area contributed by atoms with Crippen LogP contribution in [-0.4, -0.2) is 9.78 Å². The van der Waals surface area contributed by atoms with Crippen LogP contribution in [0.1, 0.15) is 31.1 Å². The van der Waals surface area contributed by atoms with E-state index in [9.17, 15) is 0 Å². The van der Waals surface area contributed by atoms with E-state index in [0.29, 0.717) is 12.6 Å². The molecule has 1 N–H and O–H groups in total. The van der Waals surface area contributed by atoms with Crippen LogP contribution in [0.2, 0.25) is 5.02 Å². The van der Waals surface area contributed by atoms with Gasteiger partial charge in [-0.15, -0.1) is 0 Å². The molecule has 0 atom stereocenters. The summed E-state index contributed by atoms with van der Waals surface area (Å²) in [5.41, 5.74) is 3.12. The summed E-state index contributed by atoms with van der Waals surface area (Å²) in [6.45, 7) is 6.92. The molecule has 2 aromatic rings. The molecule has 3 nitrogen and oxygen atoms in total. The smallest absolute Gasteiger partial charge is 0.0825 e. The molecule has 0 aliphatic rings. The third-order valence-corrected chi connectivity index (χ3v) is 3.78. The van der Waals surface area contributed by atoms with Gasteiger partial charge in [-0.25, -0.2) is 0 Å². The van der Waals surface area contributed by atoms with Gasteiger partial charge in [0, 0.05) is 28.3 Å². The van der Waals surface area contributed by atoms with Gasteiger partial charge in [0.1, 0.15) is 0 Å². The summed E-state index contributed by atoms with van der Waals surface area (Å²) in [6, 6.07) is 6.28. The Morgan fingerprint density at radius 1 is 1.42 bits per heavy atom. The summed E-state index contributed by atoms with van der Waals surface area (Å²) in [6.07, 6.45) is 2.03. The molecular weight excluding hydrogens is 326 g/mol. The molecule has 0 bridgehead atoms. The van der Waals surface area contributed by atoms with Crippen LogP contribution in [0.5, 0.6) is 0 Å². The maximum absolute atomic E-state index is 6.20. The van der Waals surface area contributed by atoms with E-state index >= 15 is 0 Å². The van der Waals surface area contributed by atoms with E-state index in [1.807, 2.05) is 36.0 Å². The first-order chi connectivity index (χ1) is 8.97. The normalized spacial score (nSPS) is 11.1. The van der Waals surface area contributed by atoms with E-state index in [0.717, 1.165) is 26.4 Å². The second-order valence-corrected chi connectivity index (χ2v) is 6.11. The molecule has 2 rings (SSSR count). The highest BCUT2D eigenvalue weighted by molar-refractivity contribution is 9.10. The largest absolute Gasteiger partial charge is 0.378 e. The third-order valence-electron chi connectivity index (χ3n) is 2.93. The van der Waals surface area contributed by atoms with E-state index in [-0.39, 0.29) is 0 Å². The van der Waals surface area contributed by atoms with Crippen LogP contribution >= 0.6 is 27.5 Å². The van der Waals surface area contributed by atoms with Gasteiger partial charge in [0.15, 0.2) is 0 Å². The minimum atomic E-state index is 0.366. The van der Waals surface area contributed by atoms with Gasteiger partial charge >= 0.3 is 0 Å². The number of benzene rings is 1. The molecular formula is C14H17BrClN3. The van der Waals surface area contributed by atoms with Gasteiger partial charge in [-0.3, -0.25) is 4.68 Å². The SMILES string of the molecule is Cc1nn(C(C)C)cc1NCc1ccc(Br)cc1Cl. The van der Waals surface area contributed by atoms with Gasteiger partial charge in [-0.2, -0.15) is 5.10 Å². The van der Waals surface area contributed by atoms with Gasteiger partial charge < -0.3 is 5.32 Å². The maximum Gasteiger partial charge on any atom is 0.0825 e. The zero-order valence-electron chi connectivity index (χ0n) is 11.2. The lowest BCUT2D eigenvalue weighted by Gasteiger charge is -2.07. The van der Waals surface area contributed by atoms with Crippen LogP contribution < -0.4 is 5.32 Å². The van der Waals surface area contributed by atoms with Crippen LogP contribution in [0.3, 0.4) is 0 Å². The number of aromatic nitrogens is 2. The molecule has 0 saturated carbocycles. The average Bonchev–Trinajstić information content (AvgIpc) is 2.70. The van der Waals surface area contributed by atoms with Crippen molar-refractivity contribution in [2.24, 2.45) is 0 Å². The highest BCUT2D eigenvalue weighted by Gasteiger charge is 2.07. The van der Waals surface area contributed by atoms with E-state index in [1.54, 1.807) is 0 Å². The number of nitrogens with zero attached hydrogens (tertiary/aromatic N) is 2. The van der Waals surface area contributed by atoms with Crippen molar-refractivity contribution in [1.82, 2.24) is 9.78 Å². The first kappa shape index (κ1) is 14.4. The molecule has 0 unspecified atom stereocenters. The van der Waals surface area contributed by atoms with E-state index in [1.165, 1.54) is 0 Å². The fraction of sp³-hybridized carbons (Fsp3) is 0.357. The van der Waals surface area contributed by atoms with Crippen molar-refractivity contribution in [3.8, 4) is 0 Å². The zero-order valence-corrected chi connectivity index (χ0v) is 13.6. The van der Waals surface area contributed by atoms with E-state index in [2.05, 4.69) is 40.2 Å². The van der Waals surface area contributed by atoms with Crippen molar-refractivity contribution >= 4 is 33.2 Å². The number of aryl methyl sites for hydroxylation is 1. The average molecular weight is 343 g/mol. The van der Waals surface area contributed by atoms with Gasteiger partial charge in [0.25, 0.3) is 0 Å². The van der Waals surface area contributed by atoms with Crippen LogP contribution in [0, 0.1) is 6.92 Å². The fourth-order valence-electron chi connectivity index (χ4n) is 1.78. The quantitative estimate of drug-likeness (QED) is 0.865. The Balaban J connectivity index is 2.10. The molecule has 1 aromatic heterocycles. The molecule has 5 heteroatoms. The molecule has 1 heterocycles. The molecule has 0 spiro atoms. The number of hydrogen-bond donors (Lipinski definition) is 1. The second kappa shape index (κ2) is 5.97. The van der Waals surface area contributed by atoms with Crippen LogP contribution in [0.4, 0.5) is 5.69 Å². The summed E-state index contributed by atoms with van der Waals surface area (Å²) < 4.78 is 2.95. The third kappa shape index (κ3) is 3.51. The highest BCUT2D eigenvalue weighted by atomic mass is 79.9. The lowest BCUT2D eigenvalue weighted by Crippen LogP contribution is -2.01. The van der Waals surface area contributed by atoms with Gasteiger partial charge in [-0.1, -0.05) is 33.6 Å². The number of hydrogen-bond acceptors (Lipinski definition) is 2. The Morgan fingerprint density at radius 3 is 2.74 bits per heavy atom. The Bertz CT molecular complexity index is 578. The van der Waals surface area contributed by atoms with Crippen molar-refractivity contribution < 1.29 is 0 Å². The first-order valence-electron chi connectivity index (χ1n) is 6.21. The summed E-state index contributed by atoms with van der Waals surface area (Å²) in [5, 5.41) is 8.61. The van der Waals surface area contributed by atoms with Crippen LogP contribution in [0.25, 0.3) is 0 Å². The molecule has 0 amide bonds. The molecule has 19 heavy (non-hydrogen) atoms. The fourth-order valence-corrected chi connectivity index (χ4v) is 2.52. The molecule has 0 aliphatic heterocycles. The maximum atomic E-state index is 6.20. The topological polar surface area (TPSA) is 29.9 Å². The number of nitrogens with one attached hydrogen (secondary N) is 1. The Kier molecular flexibility index (Phi) is 4.53. The summed E-state index contributed by atoms with van der Waals surface area (Å²) in [4.78, 5) is 0. The Labute approximate surface area is 127 Å². The van der Waals surface area contributed by atoms with Crippen molar-refractivity contribution in [1.29, 1.82) is 0 Å². The summed E-state index contributed by atoms with van der Waals surface area (Å²) >= 11 is 9.61. The summed E-state index contributed by atoms with van der Waals surface area (Å²) in [7, 11) is 0. The van der Waals surface area contributed by atoms with Crippen LogP contribution in [0.15, 0.2) is 28.9 Å². The van der Waals surface area contributed by atoms with E-state index < -0.39 is 0 Å². The number of halogens is 2. The highest BCUT2D eigenvalue weighted by Crippen LogP contribution is 2.23. The minimum Gasteiger partial charge on any atom is -0.378 e. The predicted octanol–water partition coefficient (Wildman–Crippen LogP) is 4.80. The second-order valence-electron chi connectivity index (χ2n) is 4.79. The van der Waals surface area contributed by atoms with Gasteiger partial charge in [0.2, 0.25) is 0 Å². The van der Waals surface area contributed by atoms with Crippen molar-refractivity contribution in [3.63, 3.8) is 0 Å². The standard InChI is InChI=1S/C14H17BrClN3/c1-9(2)19-8-14(10(3)18-19)17-7-11-4-5-12(15)6-13(11)16/h4-6,8-9,17H,7H2,1-3H3. The van der Waals surface area contributed by atoms with Crippen molar-refractivity contribution in [2.75, 3.05) is 5.32 Å². The Morgan fingerprint density at radius 2 is 2.16 bits per heavy atom. The lowest BCUT2D eigenvalue weighted by atomic mass is 10.2. The molecule has 0 fully saturated rings. The molecule has 0 saturated heterocycles. The van der Waals surface area contributed by atoms with Crippen molar-refractivity contribution in [2.45, 2.75) is 33.4 Å². The zero-order chi connectivity index (χ0) is 14.0. The predicted molar refractivity (Wildman–Crippen MR) is 83.8 cm³/mol. The molecule has 0 radical (unpaired) electrons. The number of anilines is 1. The lowest BCUT2D eigenvalue weighted by molar-refractivity contribution is 0.529. The first-order valence-corrected chi connectivity index (χ1v) is 7.38.